The first-order chi connectivity index (χ1) is 17.5. The predicted octanol–water partition coefficient (Wildman–Crippen LogP) is 2.43. The van der Waals surface area contributed by atoms with E-state index >= 15 is 0 Å². The second-order valence-electron chi connectivity index (χ2n) is 9.46. The van der Waals surface area contributed by atoms with Crippen molar-refractivity contribution in [2.24, 2.45) is 11.5 Å². The minimum atomic E-state index is -0.766. The van der Waals surface area contributed by atoms with Gasteiger partial charge in [0, 0.05) is 56.0 Å². The molecule has 1 aliphatic heterocycles. The Hall–Kier alpha value is -3.28. The van der Waals surface area contributed by atoms with Crippen LogP contribution in [0.25, 0.3) is 11.0 Å². The lowest BCUT2D eigenvalue weighted by molar-refractivity contribution is 0.0365. The van der Waals surface area contributed by atoms with Crippen LogP contribution in [-0.2, 0) is 11.3 Å². The fourth-order valence-electron chi connectivity index (χ4n) is 4.97. The maximum Gasteiger partial charge on any atom is 0.252 e. The predicted molar refractivity (Wildman–Crippen MR) is 137 cm³/mol. The zero-order valence-electron chi connectivity index (χ0n) is 20.3. The van der Waals surface area contributed by atoms with Crippen LogP contribution in [0, 0.1) is 5.82 Å². The summed E-state index contributed by atoms with van der Waals surface area (Å²) in [5.41, 5.74) is 13.3. The number of primary amides is 1. The third-order valence-electron chi connectivity index (χ3n) is 7.06. The number of hydrogen-bond donors (Lipinski definition) is 4. The summed E-state index contributed by atoms with van der Waals surface area (Å²) in [6, 6.07) is 4.73. The summed E-state index contributed by atoms with van der Waals surface area (Å²) in [5.74, 6) is -1.16. The van der Waals surface area contributed by atoms with Crippen molar-refractivity contribution in [1.82, 2.24) is 19.4 Å². The number of hydrogen-bond acceptors (Lipinski definition) is 8. The molecule has 0 radical (unpaired) electrons. The van der Waals surface area contributed by atoms with Crippen molar-refractivity contribution in [2.45, 2.75) is 44.3 Å². The van der Waals surface area contributed by atoms with Gasteiger partial charge < -0.3 is 31.4 Å². The highest BCUT2D eigenvalue weighted by molar-refractivity contribution is 6.00. The number of pyridine rings is 2. The average Bonchev–Trinajstić information content (AvgIpc) is 3.30. The van der Waals surface area contributed by atoms with E-state index in [1.54, 1.807) is 12.3 Å². The van der Waals surface area contributed by atoms with Crippen molar-refractivity contribution in [2.75, 3.05) is 43.5 Å². The molecular weight excluding hydrogens is 463 g/mol. The number of morpholine rings is 1. The first kappa shape index (κ1) is 24.4. The summed E-state index contributed by atoms with van der Waals surface area (Å²) >= 11 is 0. The molecule has 0 spiro atoms. The second-order valence-corrected chi connectivity index (χ2v) is 9.46. The molecule has 36 heavy (non-hydrogen) atoms. The molecule has 2 aliphatic rings. The van der Waals surface area contributed by atoms with Gasteiger partial charge in [-0.05, 0) is 31.0 Å². The fourth-order valence-corrected chi connectivity index (χ4v) is 4.97. The van der Waals surface area contributed by atoms with E-state index in [1.807, 2.05) is 12.3 Å². The number of carbonyl (C=O) groups excluding carboxylic acids is 1. The van der Waals surface area contributed by atoms with Gasteiger partial charge in [-0.25, -0.2) is 14.4 Å². The third kappa shape index (κ3) is 5.28. The van der Waals surface area contributed by atoms with Gasteiger partial charge >= 0.3 is 0 Å². The Kier molecular flexibility index (Phi) is 7.30. The Balaban J connectivity index is 1.40. The minimum absolute atomic E-state index is 0.0253. The molecule has 2 fully saturated rings. The Morgan fingerprint density at radius 1 is 1.17 bits per heavy atom. The van der Waals surface area contributed by atoms with E-state index < -0.39 is 11.7 Å². The molecule has 10 nitrogen and oxygen atoms in total. The van der Waals surface area contributed by atoms with Gasteiger partial charge in [0.25, 0.3) is 5.91 Å². The van der Waals surface area contributed by atoms with Gasteiger partial charge in [0.2, 0.25) is 0 Å². The largest absolute Gasteiger partial charge is 0.379 e. The van der Waals surface area contributed by atoms with E-state index in [2.05, 4.69) is 30.1 Å². The summed E-state index contributed by atoms with van der Waals surface area (Å²) in [6.45, 7) is 5.05. The fraction of sp³-hybridized carbons (Fsp3) is 0.480. The van der Waals surface area contributed by atoms with Crippen LogP contribution in [0.1, 0.15) is 36.0 Å². The SMILES string of the molecule is NC(=O)c1cc(F)c(N[C@@H]2CCCC[C@@H]2N)nc1Nc1ccnc2c1ccn2CCN1CCOCC1. The van der Waals surface area contributed by atoms with Crippen LogP contribution in [-0.4, -0.2) is 70.3 Å². The van der Waals surface area contributed by atoms with Crippen molar-refractivity contribution < 1.29 is 13.9 Å². The molecule has 4 heterocycles. The monoisotopic (exact) mass is 496 g/mol. The third-order valence-corrected chi connectivity index (χ3v) is 7.06. The molecule has 6 N–H and O–H groups in total. The highest BCUT2D eigenvalue weighted by atomic mass is 19.1. The van der Waals surface area contributed by atoms with Crippen molar-refractivity contribution in [3.05, 3.63) is 42.0 Å². The van der Waals surface area contributed by atoms with Crippen molar-refractivity contribution >= 4 is 34.3 Å². The number of nitrogens with two attached hydrogens (primary N) is 2. The first-order valence-corrected chi connectivity index (χ1v) is 12.5. The second kappa shape index (κ2) is 10.8. The minimum Gasteiger partial charge on any atom is -0.379 e. The Labute approximate surface area is 209 Å². The first-order valence-electron chi connectivity index (χ1n) is 12.5. The molecule has 0 aromatic carbocycles. The maximum atomic E-state index is 14.9. The van der Waals surface area contributed by atoms with Crippen LogP contribution in [0.3, 0.4) is 0 Å². The summed E-state index contributed by atoms with van der Waals surface area (Å²) in [4.78, 5) is 23.5. The van der Waals surface area contributed by atoms with Crippen molar-refractivity contribution in [3.8, 4) is 0 Å². The van der Waals surface area contributed by atoms with E-state index in [0.29, 0.717) is 5.69 Å². The van der Waals surface area contributed by atoms with E-state index in [4.69, 9.17) is 16.2 Å². The van der Waals surface area contributed by atoms with Crippen molar-refractivity contribution in [3.63, 3.8) is 0 Å². The molecule has 0 bridgehead atoms. The Morgan fingerprint density at radius 3 is 2.75 bits per heavy atom. The van der Waals surface area contributed by atoms with Crippen molar-refractivity contribution in [1.29, 1.82) is 0 Å². The highest BCUT2D eigenvalue weighted by Crippen LogP contribution is 2.30. The summed E-state index contributed by atoms with van der Waals surface area (Å²) < 4.78 is 22.4. The molecule has 11 heteroatoms. The summed E-state index contributed by atoms with van der Waals surface area (Å²) in [7, 11) is 0. The highest BCUT2D eigenvalue weighted by Gasteiger charge is 2.25. The van der Waals surface area contributed by atoms with Crippen LogP contribution in [0.15, 0.2) is 30.6 Å². The molecule has 3 aromatic rings. The Bertz CT molecular complexity index is 1230. The number of fused-ring (bicyclic) bond motifs is 1. The van der Waals surface area contributed by atoms with E-state index in [0.717, 1.165) is 82.2 Å². The van der Waals surface area contributed by atoms with Gasteiger partial charge in [-0.1, -0.05) is 12.8 Å². The lowest BCUT2D eigenvalue weighted by Crippen LogP contribution is -2.43. The van der Waals surface area contributed by atoms with Crippen LogP contribution < -0.4 is 22.1 Å². The van der Waals surface area contributed by atoms with E-state index in [-0.39, 0.29) is 29.3 Å². The molecular formula is C25H33FN8O2. The number of aromatic nitrogens is 3. The number of nitrogens with one attached hydrogen (secondary N) is 2. The lowest BCUT2D eigenvalue weighted by Gasteiger charge is -2.30. The van der Waals surface area contributed by atoms with Crippen LogP contribution in [0.4, 0.5) is 21.7 Å². The summed E-state index contributed by atoms with van der Waals surface area (Å²) in [6.07, 6.45) is 7.49. The molecule has 2 atom stereocenters. The zero-order valence-corrected chi connectivity index (χ0v) is 20.3. The zero-order chi connectivity index (χ0) is 25.1. The number of nitrogens with zero attached hydrogens (tertiary/aromatic N) is 4. The van der Waals surface area contributed by atoms with Crippen LogP contribution in [0.5, 0.6) is 0 Å². The molecule has 5 rings (SSSR count). The lowest BCUT2D eigenvalue weighted by atomic mass is 9.91. The van der Waals surface area contributed by atoms with E-state index in [9.17, 15) is 9.18 Å². The maximum absolute atomic E-state index is 14.9. The number of anilines is 3. The quantitative estimate of drug-likeness (QED) is 0.373. The van der Waals surface area contributed by atoms with Gasteiger partial charge in [-0.3, -0.25) is 9.69 Å². The smallest absolute Gasteiger partial charge is 0.252 e. The Morgan fingerprint density at radius 2 is 1.97 bits per heavy atom. The van der Waals surface area contributed by atoms with Crippen LogP contribution >= 0.6 is 0 Å². The molecule has 3 aromatic heterocycles. The van der Waals surface area contributed by atoms with Gasteiger partial charge in [0.1, 0.15) is 11.5 Å². The van der Waals surface area contributed by atoms with Gasteiger partial charge in [-0.15, -0.1) is 0 Å². The average molecular weight is 497 g/mol. The molecule has 0 unspecified atom stereocenters. The standard InChI is InChI=1S/C25H33FN8O2/c26-18-15-17(22(28)35)23(32-24(18)31-21-4-2-1-3-19(21)27)30-20-5-7-29-25-16(20)6-8-34(25)10-9-33-11-13-36-14-12-33/h5-8,15,19,21H,1-4,9-14,27H2,(H2,28,35)(H2,29,30,31,32)/t19-,21+/m0/s1. The number of carbonyl (C=O) groups is 1. The van der Waals surface area contributed by atoms with Gasteiger partial charge in [0.15, 0.2) is 11.6 Å². The number of amides is 1. The van der Waals surface area contributed by atoms with Crippen LogP contribution in [0.2, 0.25) is 0 Å². The number of rotatable bonds is 8. The molecule has 1 saturated carbocycles. The summed E-state index contributed by atoms with van der Waals surface area (Å²) in [5, 5.41) is 7.21. The van der Waals surface area contributed by atoms with Gasteiger partial charge in [0.05, 0.1) is 24.5 Å². The molecule has 1 aliphatic carbocycles. The molecule has 1 amide bonds. The molecule has 1 saturated heterocycles. The normalized spacial score (nSPS) is 20.9. The number of halogens is 1. The topological polar surface area (TPSA) is 136 Å². The molecule has 192 valence electrons. The van der Waals surface area contributed by atoms with Gasteiger partial charge in [-0.2, -0.15) is 0 Å². The number of ether oxygens (including phenoxy) is 1. The van der Waals surface area contributed by atoms with E-state index in [1.165, 1.54) is 0 Å².